The van der Waals surface area contributed by atoms with Gasteiger partial charge >= 0.3 is 18.0 Å². The lowest BCUT2D eigenvalue weighted by molar-refractivity contribution is -0.271. The van der Waals surface area contributed by atoms with Gasteiger partial charge in [0.15, 0.2) is 11.7 Å². The number of cyclic esters (lactones) is 1. The third-order valence-electron chi connectivity index (χ3n) is 15.1. The monoisotopic (exact) mass is 1160 g/mol. The number of pyridine rings is 2. The minimum absolute atomic E-state index is 0.0314. The van der Waals surface area contributed by atoms with Gasteiger partial charge < -0.3 is 85.1 Å². The SMILES string of the molecule is CC[C@@]1(O)C(=O)OCc2c1cc1n(c2=O)Cc2c-1nc1cc(F)c(C)c3c1c2[C@@H](NC(=O)COCNC(=O)CNC(=O)OCc1ccc(O[C@@H]2O[C@H](C(=O)O)[C@@H](O)[C@H](O)[C@H]2O)c(C(=O)NCCNC(=O)COC2C#CCCCCC2)c1)CC3. The number of halogens is 1. The van der Waals surface area contributed by atoms with Crippen LogP contribution in [0.15, 0.2) is 35.1 Å². The molecule has 0 radical (unpaired) electrons. The summed E-state index contributed by atoms with van der Waals surface area (Å²) in [5.74, 6) is 0.148. The number of aliphatic hydroxyl groups is 4. The summed E-state index contributed by atoms with van der Waals surface area (Å²) in [5.41, 5.74) is 0.901. The number of carbonyl (C=O) groups is 7. The largest absolute Gasteiger partial charge is 0.479 e. The maximum atomic E-state index is 15.4. The lowest BCUT2D eigenvalue weighted by Gasteiger charge is -2.38. The van der Waals surface area contributed by atoms with Crippen molar-refractivity contribution in [3.63, 3.8) is 0 Å². The van der Waals surface area contributed by atoms with Gasteiger partial charge in [-0.25, -0.2) is 23.8 Å². The molecule has 2 aromatic heterocycles. The van der Waals surface area contributed by atoms with Crippen molar-refractivity contribution in [2.24, 2.45) is 0 Å². The minimum atomic E-state index is -2.07. The Morgan fingerprint density at radius 1 is 0.904 bits per heavy atom. The summed E-state index contributed by atoms with van der Waals surface area (Å²) in [4.78, 5) is 108. The second kappa shape index (κ2) is 25.6. The summed E-state index contributed by atoms with van der Waals surface area (Å²) >= 11 is 0. The smallest absolute Gasteiger partial charge is 0.407 e. The number of nitrogens with one attached hydrogen (secondary N) is 5. The summed E-state index contributed by atoms with van der Waals surface area (Å²) in [7, 11) is 0. The zero-order chi connectivity index (χ0) is 59.3. The van der Waals surface area contributed by atoms with Crippen LogP contribution in [-0.4, -0.2) is 153 Å². The number of carboxylic acid groups (broad SMARTS) is 1. The summed E-state index contributed by atoms with van der Waals surface area (Å²) in [6.45, 7) is 0.477. The molecule has 1 fully saturated rings. The van der Waals surface area contributed by atoms with Crippen molar-refractivity contribution in [3.05, 3.63) is 91.0 Å². The number of aliphatic carboxylic acids is 1. The second-order valence-corrected chi connectivity index (χ2v) is 20.5. The topological polar surface area (TPSA) is 371 Å². The van der Waals surface area contributed by atoms with E-state index in [2.05, 4.69) is 38.4 Å². The predicted molar refractivity (Wildman–Crippen MR) is 283 cm³/mol. The van der Waals surface area contributed by atoms with Crippen molar-refractivity contribution >= 4 is 52.6 Å². The Balaban J connectivity index is 0.773. The van der Waals surface area contributed by atoms with Crippen molar-refractivity contribution < 1.29 is 91.9 Å². The van der Waals surface area contributed by atoms with E-state index in [0.717, 1.165) is 25.7 Å². The molecule has 83 heavy (non-hydrogen) atoms. The summed E-state index contributed by atoms with van der Waals surface area (Å²) in [5, 5.41) is 65.5. The molecule has 2 aromatic carbocycles. The molecule has 2 aliphatic carbocycles. The van der Waals surface area contributed by atoms with Crippen LogP contribution < -0.4 is 36.9 Å². The van der Waals surface area contributed by atoms with Crippen molar-refractivity contribution in [3.8, 4) is 29.0 Å². The minimum Gasteiger partial charge on any atom is -0.479 e. The van der Waals surface area contributed by atoms with E-state index in [9.17, 15) is 63.9 Å². The Morgan fingerprint density at radius 3 is 2.48 bits per heavy atom. The zero-order valence-corrected chi connectivity index (χ0v) is 45.2. The Labute approximate surface area is 472 Å². The molecule has 5 aliphatic rings. The lowest BCUT2D eigenvalue weighted by atomic mass is 9.81. The van der Waals surface area contributed by atoms with Crippen LogP contribution in [-0.2, 0) is 79.4 Å². The van der Waals surface area contributed by atoms with Crippen LogP contribution in [0, 0.1) is 24.6 Å². The summed E-state index contributed by atoms with van der Waals surface area (Å²) in [6.07, 6.45) is -6.28. The van der Waals surface area contributed by atoms with Gasteiger partial charge in [0, 0.05) is 42.1 Å². The number of hydrogen-bond donors (Lipinski definition) is 10. The first-order valence-electron chi connectivity index (χ1n) is 27.0. The molecule has 27 heteroatoms. The summed E-state index contributed by atoms with van der Waals surface area (Å²) in [6, 6.07) is 5.98. The second-order valence-electron chi connectivity index (χ2n) is 20.5. The van der Waals surface area contributed by atoms with Crippen LogP contribution in [0.5, 0.6) is 5.75 Å². The highest BCUT2D eigenvalue weighted by Crippen LogP contribution is 2.46. The molecule has 8 atom stereocenters. The number of aromatic nitrogens is 2. The van der Waals surface area contributed by atoms with Crippen LogP contribution in [0.1, 0.15) is 107 Å². The van der Waals surface area contributed by atoms with Crippen molar-refractivity contribution in [2.75, 3.05) is 39.6 Å². The highest BCUT2D eigenvalue weighted by Gasteiger charge is 2.49. The first kappa shape index (κ1) is 59.5. The molecule has 3 aliphatic heterocycles. The molecule has 9 rings (SSSR count). The number of hydrogen-bond acceptors (Lipinski definition) is 19. The summed E-state index contributed by atoms with van der Waals surface area (Å²) < 4.78 is 49.3. The third kappa shape index (κ3) is 12.8. The molecule has 0 spiro atoms. The molecule has 4 aromatic rings. The van der Waals surface area contributed by atoms with E-state index in [0.29, 0.717) is 58.3 Å². The highest BCUT2D eigenvalue weighted by molar-refractivity contribution is 5.97. The van der Waals surface area contributed by atoms with Gasteiger partial charge in [0.2, 0.25) is 24.0 Å². The molecule has 0 saturated carbocycles. The normalized spacial score (nSPS) is 23.1. The fourth-order valence-electron chi connectivity index (χ4n) is 10.7. The lowest BCUT2D eigenvalue weighted by Crippen LogP contribution is -2.61. The van der Waals surface area contributed by atoms with Gasteiger partial charge in [-0.3, -0.25) is 24.0 Å². The zero-order valence-electron chi connectivity index (χ0n) is 45.2. The van der Waals surface area contributed by atoms with Gasteiger partial charge in [0.1, 0.15) is 75.7 Å². The average molecular weight is 1160 g/mol. The predicted octanol–water partition coefficient (Wildman–Crippen LogP) is 0.117. The van der Waals surface area contributed by atoms with Gasteiger partial charge in [-0.1, -0.05) is 25.3 Å². The molecule has 1 saturated heterocycles. The Bertz CT molecular complexity index is 3380. The van der Waals surface area contributed by atoms with E-state index in [-0.39, 0.29) is 78.9 Å². The number of aliphatic hydroxyl groups excluding tert-OH is 3. The van der Waals surface area contributed by atoms with E-state index >= 15 is 4.39 Å². The van der Waals surface area contributed by atoms with E-state index in [1.165, 1.54) is 28.8 Å². The standard InChI is InChI=1S/C56H62FN7O19/c1-3-56(77)34-18-38-45-32(21-64(38)51(72)33(34)23-80-54(56)75)44-36(13-12-30-27(2)35(57)19-37(63-45)43(30)44)62-42(67)24-78-26-61-40(65)20-60-55(76)81-22-28-11-14-39(82-53-48(70)46(68)47(69)49(83-53)52(73)74)31(17-28)50(71)59-16-15-58-41(66)25-79-29-9-7-5-4-6-8-10-29/h11,14,17-19,29,36,46-49,53,68-70,77H,3-7,9,12-13,15-16,20-26H2,1-2H3,(H,58,66)(H,59,71)(H,60,76)(H,61,65)(H,62,67)(H,73,74)/t29?,36-,46-,47-,48+,49-,53+,56-/m0/s1. The van der Waals surface area contributed by atoms with E-state index in [1.807, 2.05) is 0 Å². The highest BCUT2D eigenvalue weighted by atomic mass is 19.1. The van der Waals surface area contributed by atoms with E-state index < -0.39 is 122 Å². The number of benzene rings is 2. The van der Waals surface area contributed by atoms with Gasteiger partial charge in [-0.2, -0.15) is 0 Å². The Hall–Kier alpha value is -8.10. The molecule has 5 amide bonds. The van der Waals surface area contributed by atoms with Crippen molar-refractivity contribution in [2.45, 2.75) is 133 Å². The number of amides is 5. The number of aryl methyl sites for hydroxylation is 1. The van der Waals surface area contributed by atoms with Gasteiger partial charge in [0.25, 0.3) is 11.5 Å². The first-order valence-corrected chi connectivity index (χ1v) is 27.0. The first-order chi connectivity index (χ1) is 39.8. The fourth-order valence-corrected chi connectivity index (χ4v) is 10.7. The number of carbonyl (C=O) groups excluding carboxylic acids is 6. The molecule has 442 valence electrons. The van der Waals surface area contributed by atoms with E-state index in [1.54, 1.807) is 19.9 Å². The number of fused-ring (bicyclic) bond motifs is 5. The quantitative estimate of drug-likeness (QED) is 0.0214. The maximum Gasteiger partial charge on any atom is 0.407 e. The molecular weight excluding hydrogens is 1090 g/mol. The van der Waals surface area contributed by atoms with E-state index in [4.69, 9.17) is 33.4 Å². The van der Waals surface area contributed by atoms with Crippen LogP contribution in [0.2, 0.25) is 0 Å². The fraction of sp³-hybridized carbons (Fsp3) is 0.482. The molecule has 5 heterocycles. The van der Waals surface area contributed by atoms with Gasteiger partial charge in [-0.05, 0) is 85.9 Å². The number of rotatable bonds is 20. The Kier molecular flexibility index (Phi) is 18.3. The average Bonchev–Trinajstić information content (AvgIpc) is 1.97. The van der Waals surface area contributed by atoms with Crippen LogP contribution in [0.3, 0.4) is 0 Å². The van der Waals surface area contributed by atoms with Gasteiger partial charge in [-0.15, -0.1) is 5.92 Å². The molecule has 1 unspecified atom stereocenters. The molecule has 10 N–H and O–H groups in total. The number of ether oxygens (including phenoxy) is 6. The third-order valence-corrected chi connectivity index (χ3v) is 15.1. The van der Waals surface area contributed by atoms with Crippen LogP contribution >= 0.6 is 0 Å². The molecule has 0 bridgehead atoms. The number of nitrogens with zero attached hydrogens (tertiary/aromatic N) is 2. The Morgan fingerprint density at radius 2 is 1.70 bits per heavy atom. The van der Waals surface area contributed by atoms with Crippen LogP contribution in [0.4, 0.5) is 9.18 Å². The number of carboxylic acids is 1. The van der Waals surface area contributed by atoms with Crippen molar-refractivity contribution in [1.29, 1.82) is 0 Å². The number of alkyl carbamates (subject to hydrolysis) is 1. The maximum absolute atomic E-state index is 15.4. The van der Waals surface area contributed by atoms with Crippen LogP contribution in [0.25, 0.3) is 22.3 Å². The molecule has 26 nitrogen and oxygen atoms in total. The number of esters is 1. The van der Waals surface area contributed by atoms with Gasteiger partial charge in [0.05, 0.1) is 40.6 Å². The van der Waals surface area contributed by atoms with Crippen molar-refractivity contribution in [1.82, 2.24) is 36.1 Å². The molecular formula is C56H62FN7O19.